The fourth-order valence-electron chi connectivity index (χ4n) is 2.10. The van der Waals surface area contributed by atoms with Crippen molar-refractivity contribution in [1.82, 2.24) is 0 Å². The summed E-state index contributed by atoms with van der Waals surface area (Å²) in [5.41, 5.74) is 3.65. The molecular weight excluding hydrogens is 262 g/mol. The van der Waals surface area contributed by atoms with E-state index in [2.05, 4.69) is 68.7 Å². The Bertz CT molecular complexity index is 595. The minimum Gasteiger partial charge on any atom is -0.288 e. The molecule has 104 valence electrons. The number of aliphatic imine (C=N–C) groups is 1. The SMILES string of the molecule is CC(C)(C)c1cccc(C=NCc2ccccc2)c1S. The van der Waals surface area contributed by atoms with Crippen LogP contribution in [-0.2, 0) is 12.0 Å². The first-order valence-corrected chi connectivity index (χ1v) is 7.29. The summed E-state index contributed by atoms with van der Waals surface area (Å²) < 4.78 is 0. The molecule has 0 N–H and O–H groups in total. The predicted octanol–water partition coefficient (Wildman–Crippen LogP) is 4.89. The second-order valence-corrected chi connectivity index (χ2v) is 6.40. The van der Waals surface area contributed by atoms with Crippen molar-refractivity contribution in [3.05, 3.63) is 65.2 Å². The van der Waals surface area contributed by atoms with E-state index >= 15 is 0 Å². The first-order chi connectivity index (χ1) is 9.48. The van der Waals surface area contributed by atoms with E-state index in [-0.39, 0.29) is 5.41 Å². The molecule has 2 rings (SSSR count). The highest BCUT2D eigenvalue weighted by Crippen LogP contribution is 2.29. The maximum Gasteiger partial charge on any atom is 0.0639 e. The molecule has 2 aromatic rings. The summed E-state index contributed by atoms with van der Waals surface area (Å²) in [6.07, 6.45) is 1.92. The average molecular weight is 283 g/mol. The van der Waals surface area contributed by atoms with Crippen LogP contribution in [0.1, 0.15) is 37.5 Å². The number of thiol groups is 1. The van der Waals surface area contributed by atoms with Gasteiger partial charge in [-0.25, -0.2) is 0 Å². The molecule has 0 fully saturated rings. The molecule has 0 amide bonds. The number of hydrogen-bond acceptors (Lipinski definition) is 2. The molecule has 0 radical (unpaired) electrons. The standard InChI is InChI=1S/C18H21NS/c1-18(2,3)16-11-7-10-15(17(16)20)13-19-12-14-8-5-4-6-9-14/h4-11,13,20H,12H2,1-3H3. The molecule has 0 unspecified atom stereocenters. The third-order valence-corrected chi connectivity index (χ3v) is 3.72. The van der Waals surface area contributed by atoms with Gasteiger partial charge in [0.05, 0.1) is 6.54 Å². The Labute approximate surface area is 127 Å². The zero-order valence-corrected chi connectivity index (χ0v) is 13.2. The Kier molecular flexibility index (Phi) is 4.66. The molecular formula is C18H21NS. The molecule has 0 aliphatic carbocycles. The van der Waals surface area contributed by atoms with Crippen LogP contribution in [0.15, 0.2) is 58.4 Å². The van der Waals surface area contributed by atoms with Gasteiger partial charge >= 0.3 is 0 Å². The van der Waals surface area contributed by atoms with Crippen LogP contribution in [0, 0.1) is 0 Å². The number of hydrogen-bond donors (Lipinski definition) is 1. The number of benzene rings is 2. The van der Waals surface area contributed by atoms with Crippen molar-refractivity contribution in [2.24, 2.45) is 4.99 Å². The molecule has 0 aliphatic rings. The summed E-state index contributed by atoms with van der Waals surface area (Å²) in [5, 5.41) is 0. The average Bonchev–Trinajstić information content (AvgIpc) is 2.40. The van der Waals surface area contributed by atoms with Gasteiger partial charge in [-0.2, -0.15) is 0 Å². The van der Waals surface area contributed by atoms with Gasteiger partial charge in [-0.15, -0.1) is 12.6 Å². The van der Waals surface area contributed by atoms with Crippen LogP contribution in [0.5, 0.6) is 0 Å². The van der Waals surface area contributed by atoms with E-state index in [1.54, 1.807) is 0 Å². The molecule has 0 heterocycles. The second-order valence-electron chi connectivity index (χ2n) is 5.95. The quantitative estimate of drug-likeness (QED) is 0.608. The lowest BCUT2D eigenvalue weighted by Gasteiger charge is -2.21. The third-order valence-electron chi connectivity index (χ3n) is 3.22. The first kappa shape index (κ1) is 14.9. The van der Waals surface area contributed by atoms with Crippen LogP contribution in [0.4, 0.5) is 0 Å². The topological polar surface area (TPSA) is 12.4 Å². The molecule has 0 bridgehead atoms. The highest BCUT2D eigenvalue weighted by atomic mass is 32.1. The van der Waals surface area contributed by atoms with Gasteiger partial charge in [0, 0.05) is 16.7 Å². The summed E-state index contributed by atoms with van der Waals surface area (Å²) in [5.74, 6) is 0. The first-order valence-electron chi connectivity index (χ1n) is 6.84. The van der Waals surface area contributed by atoms with Crippen molar-refractivity contribution in [2.45, 2.75) is 37.6 Å². The zero-order chi connectivity index (χ0) is 14.6. The summed E-state index contributed by atoms with van der Waals surface area (Å²) in [7, 11) is 0. The molecule has 2 aromatic carbocycles. The molecule has 0 saturated carbocycles. The van der Waals surface area contributed by atoms with E-state index in [1.807, 2.05) is 24.4 Å². The summed E-state index contributed by atoms with van der Waals surface area (Å²) in [6.45, 7) is 7.31. The Balaban J connectivity index is 2.18. The highest BCUT2D eigenvalue weighted by Gasteiger charge is 2.17. The normalized spacial score (nSPS) is 12.0. The maximum absolute atomic E-state index is 4.67. The fraction of sp³-hybridized carbons (Fsp3) is 0.278. The van der Waals surface area contributed by atoms with Gasteiger partial charge in [-0.05, 0) is 16.5 Å². The van der Waals surface area contributed by atoms with Gasteiger partial charge in [0.15, 0.2) is 0 Å². The van der Waals surface area contributed by atoms with Crippen LogP contribution in [0.25, 0.3) is 0 Å². The highest BCUT2D eigenvalue weighted by molar-refractivity contribution is 7.80. The lowest BCUT2D eigenvalue weighted by atomic mass is 9.86. The number of rotatable bonds is 3. The monoisotopic (exact) mass is 283 g/mol. The smallest absolute Gasteiger partial charge is 0.0639 e. The van der Waals surface area contributed by atoms with E-state index < -0.39 is 0 Å². The predicted molar refractivity (Wildman–Crippen MR) is 90.1 cm³/mol. The summed E-state index contributed by atoms with van der Waals surface area (Å²) in [4.78, 5) is 5.55. The third kappa shape index (κ3) is 3.73. The van der Waals surface area contributed by atoms with Gasteiger partial charge in [-0.3, -0.25) is 4.99 Å². The van der Waals surface area contributed by atoms with Crippen molar-refractivity contribution in [1.29, 1.82) is 0 Å². The van der Waals surface area contributed by atoms with Crippen LogP contribution >= 0.6 is 12.6 Å². The Morgan fingerprint density at radius 3 is 2.35 bits per heavy atom. The van der Waals surface area contributed by atoms with Gasteiger partial charge in [-0.1, -0.05) is 69.3 Å². The summed E-state index contributed by atoms with van der Waals surface area (Å²) in [6, 6.07) is 16.5. The van der Waals surface area contributed by atoms with Crippen LogP contribution in [0.2, 0.25) is 0 Å². The second kappa shape index (κ2) is 6.27. The van der Waals surface area contributed by atoms with Gasteiger partial charge < -0.3 is 0 Å². The van der Waals surface area contributed by atoms with E-state index in [0.29, 0.717) is 6.54 Å². The van der Waals surface area contributed by atoms with E-state index in [9.17, 15) is 0 Å². The summed E-state index contributed by atoms with van der Waals surface area (Å²) >= 11 is 4.67. The molecule has 0 atom stereocenters. The Morgan fingerprint density at radius 2 is 1.70 bits per heavy atom. The molecule has 1 nitrogen and oxygen atoms in total. The fourth-order valence-corrected chi connectivity index (χ4v) is 2.65. The van der Waals surface area contributed by atoms with Gasteiger partial charge in [0.25, 0.3) is 0 Å². The van der Waals surface area contributed by atoms with E-state index in [4.69, 9.17) is 0 Å². The Hall–Kier alpha value is -1.54. The van der Waals surface area contributed by atoms with Crippen molar-refractivity contribution in [2.75, 3.05) is 0 Å². The van der Waals surface area contributed by atoms with Crippen molar-refractivity contribution >= 4 is 18.8 Å². The minimum atomic E-state index is 0.0976. The molecule has 0 saturated heterocycles. The molecule has 20 heavy (non-hydrogen) atoms. The molecule has 2 heteroatoms. The zero-order valence-electron chi connectivity index (χ0n) is 12.3. The van der Waals surface area contributed by atoms with Crippen molar-refractivity contribution in [3.8, 4) is 0 Å². The van der Waals surface area contributed by atoms with Crippen LogP contribution in [0.3, 0.4) is 0 Å². The van der Waals surface area contributed by atoms with Crippen LogP contribution in [-0.4, -0.2) is 6.21 Å². The largest absolute Gasteiger partial charge is 0.288 e. The molecule has 0 aromatic heterocycles. The van der Waals surface area contributed by atoms with Gasteiger partial charge in [0.2, 0.25) is 0 Å². The van der Waals surface area contributed by atoms with E-state index in [1.165, 1.54) is 11.1 Å². The maximum atomic E-state index is 4.67. The number of nitrogens with zero attached hydrogens (tertiary/aromatic N) is 1. The van der Waals surface area contributed by atoms with Gasteiger partial charge in [0.1, 0.15) is 0 Å². The van der Waals surface area contributed by atoms with Crippen molar-refractivity contribution in [3.63, 3.8) is 0 Å². The Morgan fingerprint density at radius 1 is 1.00 bits per heavy atom. The lowest BCUT2D eigenvalue weighted by Crippen LogP contribution is -2.12. The van der Waals surface area contributed by atoms with Crippen LogP contribution < -0.4 is 0 Å². The minimum absolute atomic E-state index is 0.0976. The van der Waals surface area contributed by atoms with E-state index in [0.717, 1.165) is 10.5 Å². The van der Waals surface area contributed by atoms with Crippen molar-refractivity contribution < 1.29 is 0 Å². The molecule has 0 spiro atoms. The molecule has 0 aliphatic heterocycles. The lowest BCUT2D eigenvalue weighted by molar-refractivity contribution is 0.578.